The Kier molecular flexibility index (Phi) is 4.99. The van der Waals surface area contributed by atoms with Crippen molar-refractivity contribution in [2.75, 3.05) is 11.8 Å². The van der Waals surface area contributed by atoms with Gasteiger partial charge in [0.1, 0.15) is 0 Å². The number of methoxy groups -OCH3 is 1. The Morgan fingerprint density at radius 1 is 1.00 bits per heavy atom. The van der Waals surface area contributed by atoms with E-state index in [1.54, 1.807) is 25.1 Å². The number of benzene rings is 3. The van der Waals surface area contributed by atoms with E-state index in [-0.39, 0.29) is 10.5 Å². The molecule has 1 N–H and O–H groups in total. The zero-order valence-electron chi connectivity index (χ0n) is 17.0. The number of carbonyl (C=O) groups excluding carboxylic acids is 1. The number of anilines is 1. The molecule has 0 amide bonds. The molecule has 3 aromatic carbocycles. The first-order valence-corrected chi connectivity index (χ1v) is 11.1. The number of sulfonamides is 1. The van der Waals surface area contributed by atoms with Gasteiger partial charge in [0.05, 0.1) is 17.6 Å². The second-order valence-corrected chi connectivity index (χ2v) is 8.72. The minimum absolute atomic E-state index is 0.0430. The van der Waals surface area contributed by atoms with E-state index in [0.717, 1.165) is 28.4 Å². The predicted octanol–water partition coefficient (Wildman–Crippen LogP) is 4.71. The van der Waals surface area contributed by atoms with E-state index in [2.05, 4.69) is 22.3 Å². The Bertz CT molecular complexity index is 1390. The van der Waals surface area contributed by atoms with Gasteiger partial charge in [-0.15, -0.1) is 0 Å². The topological polar surface area (TPSA) is 77.4 Å². The summed E-state index contributed by atoms with van der Waals surface area (Å²) in [5.74, 6) is -0.583. The van der Waals surface area contributed by atoms with Crippen LogP contribution >= 0.6 is 0 Å². The van der Waals surface area contributed by atoms with Crippen LogP contribution in [0.1, 0.15) is 22.8 Å². The van der Waals surface area contributed by atoms with Crippen LogP contribution in [0.25, 0.3) is 21.8 Å². The zero-order chi connectivity index (χ0) is 21.5. The quantitative estimate of drug-likeness (QED) is 0.473. The summed E-state index contributed by atoms with van der Waals surface area (Å²) < 4.78 is 35.7. The zero-order valence-corrected chi connectivity index (χ0v) is 17.8. The van der Waals surface area contributed by atoms with Gasteiger partial charge in [-0.05, 0) is 55.8 Å². The van der Waals surface area contributed by atoms with Crippen LogP contribution in [-0.4, -0.2) is 26.1 Å². The van der Waals surface area contributed by atoms with Gasteiger partial charge in [-0.3, -0.25) is 4.72 Å². The van der Waals surface area contributed by atoms with Gasteiger partial charge in [0.2, 0.25) is 0 Å². The smallest absolute Gasteiger partial charge is 0.337 e. The molecule has 0 aliphatic rings. The molecule has 4 aromatic rings. The van der Waals surface area contributed by atoms with Gasteiger partial charge < -0.3 is 9.30 Å². The fourth-order valence-corrected chi connectivity index (χ4v) is 5.12. The lowest BCUT2D eigenvalue weighted by Gasteiger charge is -2.12. The Balaban J connectivity index is 1.79. The molecular weight excluding hydrogens is 400 g/mol. The van der Waals surface area contributed by atoms with Crippen LogP contribution in [0.4, 0.5) is 5.69 Å². The molecule has 30 heavy (non-hydrogen) atoms. The third-order valence-electron chi connectivity index (χ3n) is 5.24. The highest BCUT2D eigenvalue weighted by molar-refractivity contribution is 7.92. The third kappa shape index (κ3) is 3.31. The maximum Gasteiger partial charge on any atom is 0.337 e. The van der Waals surface area contributed by atoms with Crippen molar-refractivity contribution in [1.29, 1.82) is 0 Å². The van der Waals surface area contributed by atoms with Crippen molar-refractivity contribution in [2.24, 2.45) is 0 Å². The predicted molar refractivity (Wildman–Crippen MR) is 118 cm³/mol. The van der Waals surface area contributed by atoms with Crippen LogP contribution in [0.5, 0.6) is 0 Å². The van der Waals surface area contributed by atoms with Crippen molar-refractivity contribution in [3.8, 4) is 0 Å². The summed E-state index contributed by atoms with van der Waals surface area (Å²) in [5, 5.41) is 2.05. The molecule has 0 saturated heterocycles. The number of nitrogens with zero attached hydrogens (tertiary/aromatic N) is 1. The largest absolute Gasteiger partial charge is 0.465 e. The van der Waals surface area contributed by atoms with E-state index >= 15 is 0 Å². The molecule has 154 valence electrons. The van der Waals surface area contributed by atoms with Crippen LogP contribution in [-0.2, 0) is 21.3 Å². The van der Waals surface area contributed by atoms with E-state index in [4.69, 9.17) is 4.74 Å². The summed E-state index contributed by atoms with van der Waals surface area (Å²) in [6.45, 7) is 4.59. The van der Waals surface area contributed by atoms with Crippen LogP contribution in [0.3, 0.4) is 0 Å². The number of aromatic nitrogens is 1. The molecule has 0 fully saturated rings. The lowest BCUT2D eigenvalue weighted by molar-refractivity contribution is 0.0600. The molecule has 0 aliphatic carbocycles. The minimum Gasteiger partial charge on any atom is -0.465 e. The molecule has 4 rings (SSSR count). The number of ether oxygens (including phenoxy) is 1. The number of aryl methyl sites for hydroxylation is 2. The fourth-order valence-electron chi connectivity index (χ4n) is 3.80. The standard InChI is InChI=1S/C23H22N2O4S/c1-4-25-20-8-6-5-7-18(20)19-14-17(11-12-21(19)25)24-30(27,28)22-13-16(23(26)29-3)10-9-15(22)2/h5-14,24H,4H2,1-3H3. The Morgan fingerprint density at radius 2 is 1.73 bits per heavy atom. The Labute approximate surface area is 175 Å². The van der Waals surface area contributed by atoms with Crippen LogP contribution in [0.15, 0.2) is 65.6 Å². The summed E-state index contributed by atoms with van der Waals surface area (Å²) in [6.07, 6.45) is 0. The van der Waals surface area contributed by atoms with E-state index in [1.807, 2.05) is 30.3 Å². The van der Waals surface area contributed by atoms with Crippen LogP contribution in [0.2, 0.25) is 0 Å². The average Bonchev–Trinajstić information content (AvgIpc) is 3.06. The van der Waals surface area contributed by atoms with Crippen LogP contribution in [0, 0.1) is 6.92 Å². The second kappa shape index (κ2) is 7.50. The van der Waals surface area contributed by atoms with Crippen molar-refractivity contribution in [3.05, 3.63) is 71.8 Å². The fraction of sp³-hybridized carbons (Fsp3) is 0.174. The SMILES string of the molecule is CCn1c2ccccc2c2cc(NS(=O)(=O)c3cc(C(=O)OC)ccc3C)ccc21. The van der Waals surface area contributed by atoms with Crippen molar-refractivity contribution in [3.63, 3.8) is 0 Å². The molecule has 0 atom stereocenters. The monoisotopic (exact) mass is 422 g/mol. The van der Waals surface area contributed by atoms with Gasteiger partial charge >= 0.3 is 5.97 Å². The number of rotatable bonds is 5. The number of para-hydroxylation sites is 1. The maximum atomic E-state index is 13.1. The van der Waals surface area contributed by atoms with E-state index in [1.165, 1.54) is 13.2 Å². The molecule has 7 heteroatoms. The normalized spacial score (nSPS) is 11.7. The lowest BCUT2D eigenvalue weighted by atomic mass is 10.1. The highest BCUT2D eigenvalue weighted by atomic mass is 32.2. The van der Waals surface area contributed by atoms with Gasteiger partial charge in [-0.1, -0.05) is 24.3 Å². The summed E-state index contributed by atoms with van der Waals surface area (Å²) in [4.78, 5) is 11.9. The van der Waals surface area contributed by atoms with Gasteiger partial charge in [-0.2, -0.15) is 0 Å². The first-order chi connectivity index (χ1) is 14.4. The van der Waals surface area contributed by atoms with E-state index < -0.39 is 16.0 Å². The molecule has 0 saturated carbocycles. The van der Waals surface area contributed by atoms with Gasteiger partial charge in [-0.25, -0.2) is 13.2 Å². The van der Waals surface area contributed by atoms with Gasteiger partial charge in [0, 0.05) is 34.0 Å². The number of esters is 1. The molecule has 0 spiro atoms. The van der Waals surface area contributed by atoms with Crippen molar-refractivity contribution >= 4 is 43.5 Å². The minimum atomic E-state index is -3.89. The molecule has 6 nitrogen and oxygen atoms in total. The Morgan fingerprint density at radius 3 is 2.47 bits per heavy atom. The molecular formula is C23H22N2O4S. The lowest BCUT2D eigenvalue weighted by Crippen LogP contribution is -2.15. The highest BCUT2D eigenvalue weighted by Gasteiger charge is 2.20. The van der Waals surface area contributed by atoms with Crippen molar-refractivity contribution in [2.45, 2.75) is 25.3 Å². The summed E-state index contributed by atoms with van der Waals surface area (Å²) >= 11 is 0. The van der Waals surface area contributed by atoms with E-state index in [0.29, 0.717) is 11.3 Å². The third-order valence-corrected chi connectivity index (χ3v) is 6.76. The molecule has 0 bridgehead atoms. The van der Waals surface area contributed by atoms with Gasteiger partial charge in [0.25, 0.3) is 10.0 Å². The number of fused-ring (bicyclic) bond motifs is 3. The number of hydrogen-bond donors (Lipinski definition) is 1. The number of hydrogen-bond acceptors (Lipinski definition) is 4. The first kappa shape index (κ1) is 20.0. The molecule has 0 aliphatic heterocycles. The first-order valence-electron chi connectivity index (χ1n) is 9.58. The van der Waals surface area contributed by atoms with Crippen molar-refractivity contribution < 1.29 is 17.9 Å². The molecule has 0 radical (unpaired) electrons. The Hall–Kier alpha value is -3.32. The number of nitrogens with one attached hydrogen (secondary N) is 1. The van der Waals surface area contributed by atoms with Crippen molar-refractivity contribution in [1.82, 2.24) is 4.57 Å². The molecule has 1 aromatic heterocycles. The highest BCUT2D eigenvalue weighted by Crippen LogP contribution is 2.32. The average molecular weight is 423 g/mol. The van der Waals surface area contributed by atoms with Gasteiger partial charge in [0.15, 0.2) is 0 Å². The molecule has 0 unspecified atom stereocenters. The summed E-state index contributed by atoms with van der Waals surface area (Å²) in [6, 6.07) is 18.1. The second-order valence-electron chi connectivity index (χ2n) is 7.07. The summed E-state index contributed by atoms with van der Waals surface area (Å²) in [7, 11) is -2.63. The molecule has 1 heterocycles. The van der Waals surface area contributed by atoms with Crippen LogP contribution < -0.4 is 4.72 Å². The number of carbonyl (C=O) groups is 1. The summed E-state index contributed by atoms with van der Waals surface area (Å²) in [5.41, 5.74) is 3.34. The maximum absolute atomic E-state index is 13.1. The van der Waals surface area contributed by atoms with E-state index in [9.17, 15) is 13.2 Å².